The molecule has 3 nitrogen and oxygen atoms in total. The molecule has 7 aromatic rings. The van der Waals surface area contributed by atoms with Crippen molar-refractivity contribution in [3.05, 3.63) is 113 Å². The number of rotatable bonds is 0. The fraction of sp³-hybridized carbons (Fsp3) is 0.0625. The third kappa shape index (κ3) is 2.17. The summed E-state index contributed by atoms with van der Waals surface area (Å²) in [5.41, 5.74) is 16.6. The molecule has 3 heterocycles. The van der Waals surface area contributed by atoms with Crippen LogP contribution in [-0.4, -0.2) is 14.4 Å². The van der Waals surface area contributed by atoms with E-state index in [2.05, 4.69) is 83.3 Å². The Morgan fingerprint density at radius 3 is 2.51 bits per heavy atom. The lowest BCUT2D eigenvalue weighted by atomic mass is 9.95. The molecule has 0 N–H and O–H groups in total. The summed E-state index contributed by atoms with van der Waals surface area (Å²) in [4.78, 5) is 9.96. The lowest BCUT2D eigenvalue weighted by Crippen LogP contribution is -1.94. The van der Waals surface area contributed by atoms with Crippen molar-refractivity contribution in [3.63, 3.8) is 0 Å². The van der Waals surface area contributed by atoms with Crippen LogP contribution in [0, 0.1) is 0 Å². The Labute approximate surface area is 201 Å². The van der Waals surface area contributed by atoms with Crippen molar-refractivity contribution >= 4 is 38.5 Å². The number of hydrogen-bond donors (Lipinski definition) is 0. The van der Waals surface area contributed by atoms with Crippen molar-refractivity contribution in [2.24, 2.45) is 0 Å². The van der Waals surface area contributed by atoms with Gasteiger partial charge in [-0.2, -0.15) is 0 Å². The maximum atomic E-state index is 5.09. The number of fused-ring (bicyclic) bond motifs is 15. The SMILES string of the molecule is c1ccc2c(c1)Cc1ccc3c(c1-2)Cc1cc2c(cc1-3)c1ncccc1n1c3ccccc3nc21. The second-order valence-electron chi connectivity index (χ2n) is 9.82. The largest absolute Gasteiger partial charge is 0.290 e. The average molecular weight is 446 g/mol. The van der Waals surface area contributed by atoms with E-state index in [0.29, 0.717) is 0 Å². The first-order valence-electron chi connectivity index (χ1n) is 12.2. The van der Waals surface area contributed by atoms with Gasteiger partial charge in [-0.15, -0.1) is 0 Å². The second kappa shape index (κ2) is 6.13. The molecular weight excluding hydrogens is 426 g/mol. The van der Waals surface area contributed by atoms with Crippen LogP contribution in [0.3, 0.4) is 0 Å². The van der Waals surface area contributed by atoms with E-state index in [1.54, 1.807) is 0 Å². The Morgan fingerprint density at radius 1 is 0.629 bits per heavy atom. The Morgan fingerprint density at radius 2 is 1.51 bits per heavy atom. The second-order valence-corrected chi connectivity index (χ2v) is 9.82. The van der Waals surface area contributed by atoms with Crippen LogP contribution in [0.25, 0.3) is 60.7 Å². The number of aromatic nitrogens is 3. The zero-order valence-corrected chi connectivity index (χ0v) is 18.9. The van der Waals surface area contributed by atoms with E-state index in [9.17, 15) is 0 Å². The molecule has 4 aromatic carbocycles. The number of nitrogens with zero attached hydrogens (tertiary/aromatic N) is 3. The zero-order valence-electron chi connectivity index (χ0n) is 18.9. The quantitative estimate of drug-likeness (QED) is 0.229. The van der Waals surface area contributed by atoms with Gasteiger partial charge in [0.1, 0.15) is 5.65 Å². The summed E-state index contributed by atoms with van der Waals surface area (Å²) in [6.07, 6.45) is 3.90. The first kappa shape index (κ1) is 17.9. The van der Waals surface area contributed by atoms with Gasteiger partial charge in [0.2, 0.25) is 0 Å². The first-order chi connectivity index (χ1) is 17.3. The van der Waals surface area contributed by atoms with E-state index in [1.807, 2.05) is 12.3 Å². The molecule has 0 atom stereocenters. The normalized spacial score (nSPS) is 13.5. The smallest absolute Gasteiger partial charge is 0.146 e. The molecule has 2 aliphatic carbocycles. The van der Waals surface area contributed by atoms with Gasteiger partial charge < -0.3 is 0 Å². The predicted octanol–water partition coefficient (Wildman–Crippen LogP) is 7.33. The predicted molar refractivity (Wildman–Crippen MR) is 142 cm³/mol. The van der Waals surface area contributed by atoms with Gasteiger partial charge >= 0.3 is 0 Å². The Bertz CT molecular complexity index is 2060. The van der Waals surface area contributed by atoms with Crippen LogP contribution in [0.2, 0.25) is 0 Å². The van der Waals surface area contributed by atoms with E-state index in [4.69, 9.17) is 9.97 Å². The van der Waals surface area contributed by atoms with Gasteiger partial charge in [-0.3, -0.25) is 9.38 Å². The molecule has 162 valence electrons. The Hall–Kier alpha value is -4.50. The van der Waals surface area contributed by atoms with Gasteiger partial charge in [0.05, 0.1) is 22.1 Å². The third-order valence-electron chi connectivity index (χ3n) is 8.05. The molecule has 0 aliphatic heterocycles. The molecular formula is C32H19N3. The fourth-order valence-corrected chi connectivity index (χ4v) is 6.59. The summed E-state index contributed by atoms with van der Waals surface area (Å²) in [5.74, 6) is 0. The number of benzene rings is 4. The van der Waals surface area contributed by atoms with Crippen molar-refractivity contribution in [2.45, 2.75) is 12.8 Å². The van der Waals surface area contributed by atoms with Gasteiger partial charge in [0.15, 0.2) is 0 Å². The van der Waals surface area contributed by atoms with Crippen LogP contribution in [-0.2, 0) is 12.8 Å². The molecule has 35 heavy (non-hydrogen) atoms. The van der Waals surface area contributed by atoms with Crippen LogP contribution in [0.5, 0.6) is 0 Å². The molecule has 0 amide bonds. The van der Waals surface area contributed by atoms with E-state index >= 15 is 0 Å². The van der Waals surface area contributed by atoms with Gasteiger partial charge in [-0.05, 0) is 93.7 Å². The summed E-state index contributed by atoms with van der Waals surface area (Å²) in [5, 5.41) is 2.35. The molecule has 0 spiro atoms. The molecule has 3 heteroatoms. The number of imidazole rings is 1. The summed E-state index contributed by atoms with van der Waals surface area (Å²) in [7, 11) is 0. The summed E-state index contributed by atoms with van der Waals surface area (Å²) in [6.45, 7) is 0. The topological polar surface area (TPSA) is 30.2 Å². The van der Waals surface area contributed by atoms with Crippen LogP contribution < -0.4 is 0 Å². The summed E-state index contributed by atoms with van der Waals surface area (Å²) in [6, 6.07) is 30.9. The van der Waals surface area contributed by atoms with Crippen molar-refractivity contribution < 1.29 is 0 Å². The van der Waals surface area contributed by atoms with Gasteiger partial charge in [0.25, 0.3) is 0 Å². The summed E-state index contributed by atoms with van der Waals surface area (Å²) < 4.78 is 2.28. The molecule has 0 saturated carbocycles. The fourth-order valence-electron chi connectivity index (χ4n) is 6.59. The van der Waals surface area contributed by atoms with Crippen molar-refractivity contribution in [1.29, 1.82) is 0 Å². The number of pyridine rings is 2. The van der Waals surface area contributed by atoms with Gasteiger partial charge in [0, 0.05) is 17.0 Å². The Kier molecular flexibility index (Phi) is 3.14. The van der Waals surface area contributed by atoms with E-state index in [1.165, 1.54) is 55.3 Å². The van der Waals surface area contributed by atoms with E-state index in [0.717, 1.165) is 40.6 Å². The van der Waals surface area contributed by atoms with Crippen LogP contribution in [0.15, 0.2) is 91.1 Å². The monoisotopic (exact) mass is 445 g/mol. The molecule has 3 aromatic heterocycles. The maximum absolute atomic E-state index is 5.09. The van der Waals surface area contributed by atoms with Crippen LogP contribution in [0.4, 0.5) is 0 Å². The summed E-state index contributed by atoms with van der Waals surface area (Å²) >= 11 is 0. The highest BCUT2D eigenvalue weighted by atomic mass is 15.0. The number of hydrogen-bond acceptors (Lipinski definition) is 2. The van der Waals surface area contributed by atoms with Gasteiger partial charge in [-0.1, -0.05) is 48.5 Å². The van der Waals surface area contributed by atoms with Gasteiger partial charge in [-0.25, -0.2) is 4.98 Å². The highest BCUT2D eigenvalue weighted by molar-refractivity contribution is 6.14. The van der Waals surface area contributed by atoms with Crippen molar-refractivity contribution in [1.82, 2.24) is 14.4 Å². The highest BCUT2D eigenvalue weighted by Gasteiger charge is 2.29. The average Bonchev–Trinajstić information content (AvgIpc) is 3.58. The standard InChI is InChI=1S/C32H19N3/c1-2-7-21-18(6-1)14-19-11-12-22-23-17-25-26(16-20(23)15-24(22)30(19)21)32-34-27-8-3-4-9-28(27)35(32)29-10-5-13-33-31(25)29/h1-13,16-17H,14-15H2. The van der Waals surface area contributed by atoms with Crippen LogP contribution >= 0.6 is 0 Å². The van der Waals surface area contributed by atoms with E-state index in [-0.39, 0.29) is 0 Å². The minimum atomic E-state index is 0.963. The molecule has 0 fully saturated rings. The molecule has 0 radical (unpaired) electrons. The Balaban J connectivity index is 1.40. The first-order valence-corrected chi connectivity index (χ1v) is 12.2. The maximum Gasteiger partial charge on any atom is 0.146 e. The molecule has 0 unspecified atom stereocenters. The molecule has 2 aliphatic rings. The highest BCUT2D eigenvalue weighted by Crippen LogP contribution is 2.49. The van der Waals surface area contributed by atoms with Crippen molar-refractivity contribution in [2.75, 3.05) is 0 Å². The zero-order chi connectivity index (χ0) is 22.7. The number of para-hydroxylation sites is 2. The minimum Gasteiger partial charge on any atom is -0.290 e. The lowest BCUT2D eigenvalue weighted by Gasteiger charge is -2.11. The third-order valence-corrected chi connectivity index (χ3v) is 8.05. The van der Waals surface area contributed by atoms with Crippen molar-refractivity contribution in [3.8, 4) is 22.3 Å². The molecule has 0 saturated heterocycles. The minimum absolute atomic E-state index is 0.963. The van der Waals surface area contributed by atoms with E-state index < -0.39 is 0 Å². The van der Waals surface area contributed by atoms with Crippen LogP contribution in [0.1, 0.15) is 22.3 Å². The molecule has 0 bridgehead atoms. The molecule has 9 rings (SSSR count). The lowest BCUT2D eigenvalue weighted by molar-refractivity contribution is 1.23.